The van der Waals surface area contributed by atoms with Gasteiger partial charge in [-0.25, -0.2) is 0 Å². The average molecular weight is 324 g/mol. The van der Waals surface area contributed by atoms with E-state index in [2.05, 4.69) is 29.7 Å². The average Bonchev–Trinajstić information content (AvgIpc) is 2.60. The summed E-state index contributed by atoms with van der Waals surface area (Å²) in [4.78, 5) is 24.0. The topological polar surface area (TPSA) is 58.2 Å². The molecule has 0 saturated carbocycles. The molecule has 0 aliphatic heterocycles. The van der Waals surface area contributed by atoms with Crippen molar-refractivity contribution in [3.8, 4) is 0 Å². The predicted octanol–water partition coefficient (Wildman–Crippen LogP) is 3.03. The molecule has 2 aromatic rings. The maximum Gasteiger partial charge on any atom is 0.251 e. The first-order valence-corrected chi connectivity index (χ1v) is 8.23. The third-order valence-corrected chi connectivity index (χ3v) is 4.00. The van der Waals surface area contributed by atoms with Crippen molar-refractivity contribution in [2.75, 3.05) is 13.1 Å². The molecule has 0 spiro atoms. The smallest absolute Gasteiger partial charge is 0.251 e. The molecule has 0 aliphatic carbocycles. The van der Waals surface area contributed by atoms with Crippen molar-refractivity contribution < 1.29 is 9.59 Å². The van der Waals surface area contributed by atoms with Crippen molar-refractivity contribution in [3.63, 3.8) is 0 Å². The summed E-state index contributed by atoms with van der Waals surface area (Å²) in [5.74, 6) is 0.0677. The lowest BCUT2D eigenvalue weighted by Crippen LogP contribution is -2.32. The van der Waals surface area contributed by atoms with Gasteiger partial charge in [0.2, 0.25) is 5.91 Å². The minimum atomic E-state index is -0.140. The van der Waals surface area contributed by atoms with Crippen LogP contribution in [0.5, 0.6) is 0 Å². The van der Waals surface area contributed by atoms with E-state index in [0.717, 1.165) is 5.56 Å². The fourth-order valence-electron chi connectivity index (χ4n) is 2.47. The lowest BCUT2D eigenvalue weighted by Gasteiger charge is -2.13. The van der Waals surface area contributed by atoms with Crippen molar-refractivity contribution >= 4 is 11.8 Å². The number of benzene rings is 2. The van der Waals surface area contributed by atoms with E-state index in [0.29, 0.717) is 18.7 Å². The Bertz CT molecular complexity index is 683. The molecule has 0 bridgehead atoms. The third-order valence-electron chi connectivity index (χ3n) is 4.00. The van der Waals surface area contributed by atoms with Crippen LogP contribution in [-0.4, -0.2) is 24.9 Å². The minimum Gasteiger partial charge on any atom is -0.355 e. The van der Waals surface area contributed by atoms with Gasteiger partial charge in [0, 0.05) is 25.1 Å². The molecule has 2 amide bonds. The number of hydrogen-bond acceptors (Lipinski definition) is 2. The second kappa shape index (κ2) is 8.87. The normalized spacial score (nSPS) is 11.6. The van der Waals surface area contributed by atoms with Crippen LogP contribution in [0.4, 0.5) is 0 Å². The number of nitrogens with one attached hydrogen (secondary N) is 2. The molecule has 0 fully saturated rings. The fourth-order valence-corrected chi connectivity index (χ4v) is 2.47. The van der Waals surface area contributed by atoms with Gasteiger partial charge in [0.05, 0.1) is 0 Å². The van der Waals surface area contributed by atoms with Crippen molar-refractivity contribution in [3.05, 3.63) is 71.3 Å². The Balaban J connectivity index is 1.70. The Kier molecular flexibility index (Phi) is 6.55. The van der Waals surface area contributed by atoms with Crippen LogP contribution in [0.2, 0.25) is 0 Å². The zero-order valence-corrected chi connectivity index (χ0v) is 14.2. The Morgan fingerprint density at radius 2 is 1.62 bits per heavy atom. The molecule has 1 unspecified atom stereocenters. The van der Waals surface area contributed by atoms with E-state index in [1.807, 2.05) is 43.3 Å². The summed E-state index contributed by atoms with van der Waals surface area (Å²) in [6, 6.07) is 17.5. The second-order valence-electron chi connectivity index (χ2n) is 5.94. The van der Waals surface area contributed by atoms with Crippen molar-refractivity contribution in [2.24, 2.45) is 0 Å². The molecule has 0 radical (unpaired) electrons. The summed E-state index contributed by atoms with van der Waals surface area (Å²) in [6.45, 7) is 4.90. The highest BCUT2D eigenvalue weighted by Crippen LogP contribution is 2.12. The highest BCUT2D eigenvalue weighted by atomic mass is 16.2. The molecular weight excluding hydrogens is 300 g/mol. The molecule has 2 aromatic carbocycles. The standard InChI is InChI=1S/C20H24N2O2/c1-15-8-6-7-11-18(15)20(24)21-13-12-19(23)22-14-16(2)17-9-4-3-5-10-17/h3-11,16H,12-14H2,1-2H3,(H,21,24)(H,22,23). The first kappa shape index (κ1) is 17.7. The SMILES string of the molecule is Cc1ccccc1C(=O)NCCC(=O)NCC(C)c1ccccc1. The van der Waals surface area contributed by atoms with Gasteiger partial charge in [-0.3, -0.25) is 9.59 Å². The van der Waals surface area contributed by atoms with Crippen molar-refractivity contribution in [1.82, 2.24) is 10.6 Å². The van der Waals surface area contributed by atoms with E-state index in [-0.39, 0.29) is 24.2 Å². The van der Waals surface area contributed by atoms with E-state index >= 15 is 0 Å². The van der Waals surface area contributed by atoms with E-state index in [4.69, 9.17) is 0 Å². The molecule has 4 heteroatoms. The number of rotatable bonds is 7. The second-order valence-corrected chi connectivity index (χ2v) is 5.94. The van der Waals surface area contributed by atoms with Gasteiger partial charge >= 0.3 is 0 Å². The molecule has 2 N–H and O–H groups in total. The summed E-state index contributed by atoms with van der Waals surface area (Å²) >= 11 is 0. The molecule has 2 rings (SSSR count). The lowest BCUT2D eigenvalue weighted by molar-refractivity contribution is -0.121. The number of carbonyl (C=O) groups is 2. The minimum absolute atomic E-state index is 0.0529. The molecule has 0 heterocycles. The van der Waals surface area contributed by atoms with Gasteiger partial charge in [0.1, 0.15) is 0 Å². The van der Waals surface area contributed by atoms with Crippen LogP contribution in [0, 0.1) is 6.92 Å². The maximum atomic E-state index is 12.1. The van der Waals surface area contributed by atoms with Crippen molar-refractivity contribution in [2.45, 2.75) is 26.2 Å². The molecule has 24 heavy (non-hydrogen) atoms. The van der Waals surface area contributed by atoms with Gasteiger partial charge in [-0.05, 0) is 30.0 Å². The molecule has 126 valence electrons. The highest BCUT2D eigenvalue weighted by Gasteiger charge is 2.10. The zero-order valence-electron chi connectivity index (χ0n) is 14.2. The molecular formula is C20H24N2O2. The Hall–Kier alpha value is -2.62. The monoisotopic (exact) mass is 324 g/mol. The predicted molar refractivity (Wildman–Crippen MR) is 96.0 cm³/mol. The summed E-state index contributed by atoms with van der Waals surface area (Å²) in [7, 11) is 0. The van der Waals surface area contributed by atoms with Gasteiger partial charge in [0.25, 0.3) is 5.91 Å². The number of hydrogen-bond donors (Lipinski definition) is 2. The van der Waals surface area contributed by atoms with Crippen LogP contribution in [-0.2, 0) is 4.79 Å². The highest BCUT2D eigenvalue weighted by molar-refractivity contribution is 5.95. The third kappa shape index (κ3) is 5.23. The first-order valence-electron chi connectivity index (χ1n) is 8.23. The molecule has 0 saturated heterocycles. The molecule has 0 aliphatic rings. The molecule has 1 atom stereocenters. The molecule has 0 aromatic heterocycles. The van der Waals surface area contributed by atoms with Crippen molar-refractivity contribution in [1.29, 1.82) is 0 Å². The van der Waals surface area contributed by atoms with Crippen LogP contribution in [0.15, 0.2) is 54.6 Å². The lowest BCUT2D eigenvalue weighted by atomic mass is 10.0. The van der Waals surface area contributed by atoms with Crippen LogP contribution < -0.4 is 10.6 Å². The number of amides is 2. The van der Waals surface area contributed by atoms with Crippen LogP contribution in [0.1, 0.15) is 40.7 Å². The largest absolute Gasteiger partial charge is 0.355 e. The maximum absolute atomic E-state index is 12.1. The fraction of sp³-hybridized carbons (Fsp3) is 0.300. The van der Waals surface area contributed by atoms with Gasteiger partial charge < -0.3 is 10.6 Å². The zero-order chi connectivity index (χ0) is 17.4. The summed E-state index contributed by atoms with van der Waals surface area (Å²) < 4.78 is 0. The van der Waals surface area contributed by atoms with E-state index in [1.165, 1.54) is 5.56 Å². The molecule has 4 nitrogen and oxygen atoms in total. The van der Waals surface area contributed by atoms with Gasteiger partial charge in [0.15, 0.2) is 0 Å². The summed E-state index contributed by atoms with van der Waals surface area (Å²) in [5, 5.41) is 5.71. The van der Waals surface area contributed by atoms with Gasteiger partial charge in [-0.15, -0.1) is 0 Å². The number of aryl methyl sites for hydroxylation is 1. The summed E-state index contributed by atoms with van der Waals surface area (Å²) in [5.41, 5.74) is 2.78. The Labute approximate surface area is 143 Å². The van der Waals surface area contributed by atoms with Crippen LogP contribution in [0.25, 0.3) is 0 Å². The first-order chi connectivity index (χ1) is 11.6. The van der Waals surface area contributed by atoms with E-state index in [1.54, 1.807) is 6.07 Å². The Morgan fingerprint density at radius 3 is 2.33 bits per heavy atom. The van der Waals surface area contributed by atoms with Crippen LogP contribution in [0.3, 0.4) is 0 Å². The van der Waals surface area contributed by atoms with E-state index < -0.39 is 0 Å². The summed E-state index contributed by atoms with van der Waals surface area (Å²) in [6.07, 6.45) is 0.277. The van der Waals surface area contributed by atoms with Gasteiger partial charge in [-0.2, -0.15) is 0 Å². The Morgan fingerprint density at radius 1 is 0.958 bits per heavy atom. The van der Waals surface area contributed by atoms with E-state index in [9.17, 15) is 9.59 Å². The van der Waals surface area contributed by atoms with Gasteiger partial charge in [-0.1, -0.05) is 55.5 Å². The van der Waals surface area contributed by atoms with Crippen LogP contribution >= 0.6 is 0 Å². The number of carbonyl (C=O) groups excluding carboxylic acids is 2. The quantitative estimate of drug-likeness (QED) is 0.822.